The summed E-state index contributed by atoms with van der Waals surface area (Å²) in [7, 11) is 0. The first-order valence-corrected chi connectivity index (χ1v) is 7.82. The van der Waals surface area contributed by atoms with Crippen molar-refractivity contribution in [1.29, 1.82) is 0 Å². The number of nitrogens with zero attached hydrogens (tertiary/aromatic N) is 1. The molecule has 0 saturated heterocycles. The summed E-state index contributed by atoms with van der Waals surface area (Å²) in [6, 6.07) is 0. The van der Waals surface area contributed by atoms with Crippen molar-refractivity contribution in [2.75, 3.05) is 0 Å². The second kappa shape index (κ2) is 6.48. The highest BCUT2D eigenvalue weighted by Gasteiger charge is 2.26. The molecule has 0 unspecified atom stereocenters. The Bertz CT molecular complexity index is 445. The first-order valence-electron chi connectivity index (χ1n) is 7.01. The molecule has 1 aromatic heterocycles. The van der Waals surface area contributed by atoms with Crippen LogP contribution in [0.4, 0.5) is 0 Å². The van der Waals surface area contributed by atoms with Crippen LogP contribution in [0, 0.1) is 12.8 Å². The average molecular weight is 282 g/mol. The highest BCUT2D eigenvalue weighted by atomic mass is 32.1. The summed E-state index contributed by atoms with van der Waals surface area (Å²) in [5.74, 6) is 0.0506. The van der Waals surface area contributed by atoms with E-state index in [4.69, 9.17) is 0 Å². The van der Waals surface area contributed by atoms with Crippen LogP contribution in [0.25, 0.3) is 0 Å². The number of carbonyl (C=O) groups is 1. The Labute approximate surface area is 118 Å². The Morgan fingerprint density at radius 2 is 2.32 bits per heavy atom. The van der Waals surface area contributed by atoms with E-state index in [1.807, 2.05) is 6.92 Å². The molecule has 1 aromatic rings. The van der Waals surface area contributed by atoms with Crippen molar-refractivity contribution in [3.05, 3.63) is 15.6 Å². The number of nitrogens with one attached hydrogen (secondary N) is 1. The number of thiazole rings is 1. The predicted molar refractivity (Wildman–Crippen MR) is 76.0 cm³/mol. The molecule has 1 aliphatic rings. The molecule has 5 heteroatoms. The smallest absolute Gasteiger partial charge is 0.223 e. The van der Waals surface area contributed by atoms with Gasteiger partial charge in [0.2, 0.25) is 5.91 Å². The van der Waals surface area contributed by atoms with Gasteiger partial charge >= 0.3 is 0 Å². The van der Waals surface area contributed by atoms with Crippen molar-refractivity contribution in [2.45, 2.75) is 58.6 Å². The quantitative estimate of drug-likeness (QED) is 0.890. The molecule has 106 valence electrons. The molecule has 1 aliphatic carbocycles. The Balaban J connectivity index is 1.89. The highest BCUT2D eigenvalue weighted by molar-refractivity contribution is 7.11. The van der Waals surface area contributed by atoms with Crippen LogP contribution in [0.3, 0.4) is 0 Å². The molecule has 4 nitrogen and oxygen atoms in total. The van der Waals surface area contributed by atoms with E-state index in [1.165, 1.54) is 0 Å². The number of amides is 1. The number of rotatable bonds is 4. The SMILES string of the molecule is CCc1nc(C)sc1CNC(=O)[C@H]1CCC[C@@H](O)C1. The minimum Gasteiger partial charge on any atom is -0.393 e. The van der Waals surface area contributed by atoms with E-state index in [9.17, 15) is 9.90 Å². The highest BCUT2D eigenvalue weighted by Crippen LogP contribution is 2.25. The topological polar surface area (TPSA) is 62.2 Å². The minimum atomic E-state index is -0.304. The average Bonchev–Trinajstić information content (AvgIpc) is 2.76. The van der Waals surface area contributed by atoms with Gasteiger partial charge in [0.15, 0.2) is 0 Å². The molecule has 0 radical (unpaired) electrons. The van der Waals surface area contributed by atoms with Crippen LogP contribution in [0.2, 0.25) is 0 Å². The predicted octanol–water partition coefficient (Wildman–Crippen LogP) is 2.18. The van der Waals surface area contributed by atoms with Gasteiger partial charge in [0.1, 0.15) is 0 Å². The normalized spacial score (nSPS) is 23.3. The zero-order valence-electron chi connectivity index (χ0n) is 11.6. The molecule has 0 spiro atoms. The molecular weight excluding hydrogens is 260 g/mol. The van der Waals surface area contributed by atoms with E-state index >= 15 is 0 Å². The van der Waals surface area contributed by atoms with Crippen molar-refractivity contribution < 1.29 is 9.90 Å². The largest absolute Gasteiger partial charge is 0.393 e. The Morgan fingerprint density at radius 3 is 3.00 bits per heavy atom. The van der Waals surface area contributed by atoms with Crippen molar-refractivity contribution in [2.24, 2.45) is 5.92 Å². The summed E-state index contributed by atoms with van der Waals surface area (Å²) >= 11 is 1.65. The number of aliphatic hydroxyl groups excluding tert-OH is 1. The van der Waals surface area contributed by atoms with Gasteiger partial charge in [0.05, 0.1) is 23.4 Å². The van der Waals surface area contributed by atoms with Crippen molar-refractivity contribution in [3.8, 4) is 0 Å². The fraction of sp³-hybridized carbons (Fsp3) is 0.714. The first kappa shape index (κ1) is 14.5. The third kappa shape index (κ3) is 3.76. The molecule has 1 saturated carbocycles. The van der Waals surface area contributed by atoms with E-state index in [1.54, 1.807) is 11.3 Å². The molecule has 19 heavy (non-hydrogen) atoms. The van der Waals surface area contributed by atoms with Crippen LogP contribution >= 0.6 is 11.3 Å². The number of aryl methyl sites for hydroxylation is 2. The van der Waals surface area contributed by atoms with Gasteiger partial charge in [0.25, 0.3) is 0 Å². The van der Waals surface area contributed by atoms with Gasteiger partial charge in [-0.25, -0.2) is 4.98 Å². The van der Waals surface area contributed by atoms with Gasteiger partial charge < -0.3 is 10.4 Å². The molecule has 0 aliphatic heterocycles. The van der Waals surface area contributed by atoms with Crippen LogP contribution in [-0.4, -0.2) is 22.1 Å². The van der Waals surface area contributed by atoms with E-state index in [0.717, 1.165) is 41.3 Å². The van der Waals surface area contributed by atoms with Crippen LogP contribution in [-0.2, 0) is 17.8 Å². The number of aliphatic hydroxyl groups is 1. The fourth-order valence-corrected chi connectivity index (χ4v) is 3.61. The van der Waals surface area contributed by atoms with Gasteiger partial charge in [0, 0.05) is 10.8 Å². The summed E-state index contributed by atoms with van der Waals surface area (Å²) in [6.45, 7) is 4.64. The summed E-state index contributed by atoms with van der Waals surface area (Å²) in [4.78, 5) is 17.7. The summed E-state index contributed by atoms with van der Waals surface area (Å²) in [5, 5.41) is 13.7. The maximum atomic E-state index is 12.1. The van der Waals surface area contributed by atoms with Crippen molar-refractivity contribution >= 4 is 17.2 Å². The number of carbonyl (C=O) groups excluding carboxylic acids is 1. The fourth-order valence-electron chi connectivity index (χ4n) is 2.64. The Morgan fingerprint density at radius 1 is 1.53 bits per heavy atom. The number of hydrogen-bond donors (Lipinski definition) is 2. The summed E-state index contributed by atoms with van der Waals surface area (Å²) in [6.07, 6.45) is 3.87. The van der Waals surface area contributed by atoms with E-state index in [0.29, 0.717) is 13.0 Å². The van der Waals surface area contributed by atoms with Gasteiger partial charge in [-0.15, -0.1) is 11.3 Å². The summed E-state index contributed by atoms with van der Waals surface area (Å²) in [5.41, 5.74) is 1.09. The Kier molecular flexibility index (Phi) is 4.93. The lowest BCUT2D eigenvalue weighted by Gasteiger charge is -2.24. The third-order valence-corrected chi connectivity index (χ3v) is 4.67. The number of aromatic nitrogens is 1. The Hall–Kier alpha value is -0.940. The van der Waals surface area contributed by atoms with Crippen LogP contribution in [0.5, 0.6) is 0 Å². The van der Waals surface area contributed by atoms with Crippen LogP contribution < -0.4 is 5.32 Å². The zero-order chi connectivity index (χ0) is 13.8. The van der Waals surface area contributed by atoms with E-state index in [-0.39, 0.29) is 17.9 Å². The minimum absolute atomic E-state index is 0.0251. The van der Waals surface area contributed by atoms with Gasteiger partial charge in [-0.2, -0.15) is 0 Å². The van der Waals surface area contributed by atoms with E-state index < -0.39 is 0 Å². The lowest BCUT2D eigenvalue weighted by Crippen LogP contribution is -2.34. The molecule has 2 N–H and O–H groups in total. The lowest BCUT2D eigenvalue weighted by atomic mass is 9.87. The second-order valence-electron chi connectivity index (χ2n) is 5.19. The lowest BCUT2D eigenvalue weighted by molar-refractivity contribution is -0.127. The monoisotopic (exact) mass is 282 g/mol. The van der Waals surface area contributed by atoms with Gasteiger partial charge in [-0.3, -0.25) is 4.79 Å². The maximum Gasteiger partial charge on any atom is 0.223 e. The zero-order valence-corrected chi connectivity index (χ0v) is 12.4. The molecule has 0 bridgehead atoms. The van der Waals surface area contributed by atoms with Crippen LogP contribution in [0.15, 0.2) is 0 Å². The molecule has 2 atom stereocenters. The van der Waals surface area contributed by atoms with Crippen LogP contribution in [0.1, 0.15) is 48.2 Å². The van der Waals surface area contributed by atoms with Crippen molar-refractivity contribution in [1.82, 2.24) is 10.3 Å². The van der Waals surface area contributed by atoms with Gasteiger partial charge in [-0.1, -0.05) is 13.3 Å². The molecule has 1 fully saturated rings. The second-order valence-corrected chi connectivity index (χ2v) is 6.48. The standard InChI is InChI=1S/C14H22N2O2S/c1-3-12-13(19-9(2)16-12)8-15-14(18)10-5-4-6-11(17)7-10/h10-11,17H,3-8H2,1-2H3,(H,15,18)/t10-,11+/m0/s1. The number of hydrogen-bond acceptors (Lipinski definition) is 4. The van der Waals surface area contributed by atoms with Gasteiger partial charge in [-0.05, 0) is 32.6 Å². The molecule has 1 heterocycles. The molecule has 0 aromatic carbocycles. The third-order valence-electron chi connectivity index (χ3n) is 3.66. The van der Waals surface area contributed by atoms with E-state index in [2.05, 4.69) is 17.2 Å². The molecule has 2 rings (SSSR count). The maximum absolute atomic E-state index is 12.1. The molecule has 1 amide bonds. The molecular formula is C14H22N2O2S. The first-order chi connectivity index (χ1) is 9.10. The summed E-state index contributed by atoms with van der Waals surface area (Å²) < 4.78 is 0. The van der Waals surface area contributed by atoms with Crippen molar-refractivity contribution in [3.63, 3.8) is 0 Å².